The second-order valence-electron chi connectivity index (χ2n) is 8.08. The normalized spacial score (nSPS) is 29.0. The molecule has 0 aliphatic heterocycles. The van der Waals surface area contributed by atoms with Crippen LogP contribution in [0.2, 0.25) is 0 Å². The Morgan fingerprint density at radius 2 is 1.39 bits per heavy atom. The molecule has 1 atom stereocenters. The van der Waals surface area contributed by atoms with Gasteiger partial charge in [0.15, 0.2) is 0 Å². The summed E-state index contributed by atoms with van der Waals surface area (Å²) in [5.41, 5.74) is 7.62. The van der Waals surface area contributed by atoms with Crippen LogP contribution in [0.15, 0.2) is 22.7 Å². The van der Waals surface area contributed by atoms with E-state index in [9.17, 15) is 0 Å². The van der Waals surface area contributed by atoms with Crippen LogP contribution in [-0.4, -0.2) is 0 Å². The predicted molar refractivity (Wildman–Crippen MR) is 101 cm³/mol. The maximum absolute atomic E-state index is 6.45. The summed E-state index contributed by atoms with van der Waals surface area (Å²) < 4.78 is 0. The van der Waals surface area contributed by atoms with Gasteiger partial charge >= 0.3 is 0 Å². The summed E-state index contributed by atoms with van der Waals surface area (Å²) in [6.07, 6.45) is 8.98. The van der Waals surface area contributed by atoms with Gasteiger partial charge in [0.1, 0.15) is 0 Å². The molecule has 2 aliphatic carbocycles. The molecule has 1 saturated carbocycles. The Morgan fingerprint density at radius 3 is 1.96 bits per heavy atom. The molecule has 126 valence electrons. The Balaban J connectivity index is 1.84. The summed E-state index contributed by atoms with van der Waals surface area (Å²) in [5, 5.41) is 1.10. The van der Waals surface area contributed by atoms with E-state index < -0.39 is 0 Å². The maximum Gasteiger partial charge on any atom is 0.0176 e. The van der Waals surface area contributed by atoms with E-state index in [2.05, 4.69) is 39.8 Å². The lowest BCUT2D eigenvalue weighted by Crippen LogP contribution is -2.14. The van der Waals surface area contributed by atoms with E-state index in [0.717, 1.165) is 29.7 Å². The van der Waals surface area contributed by atoms with Gasteiger partial charge < -0.3 is 0 Å². The average molecular weight is 331 g/mol. The van der Waals surface area contributed by atoms with Crippen LogP contribution in [0.5, 0.6) is 0 Å². The highest BCUT2D eigenvalue weighted by Gasteiger charge is 2.25. The van der Waals surface area contributed by atoms with Gasteiger partial charge in [0.2, 0.25) is 0 Å². The zero-order valence-electron chi connectivity index (χ0n) is 15.2. The molecule has 0 heterocycles. The van der Waals surface area contributed by atoms with E-state index in [1.165, 1.54) is 43.2 Å². The summed E-state index contributed by atoms with van der Waals surface area (Å²) in [7, 11) is 0. The molecule has 1 unspecified atom stereocenters. The highest BCUT2D eigenvalue weighted by molar-refractivity contribution is 6.30. The first-order chi connectivity index (χ1) is 11.0. The first-order valence-electron chi connectivity index (χ1n) is 9.41. The molecule has 0 nitrogen and oxygen atoms in total. The molecule has 0 spiro atoms. The van der Waals surface area contributed by atoms with Crippen LogP contribution in [0.25, 0.3) is 0 Å². The summed E-state index contributed by atoms with van der Waals surface area (Å²) in [6.45, 7) is 9.26. The van der Waals surface area contributed by atoms with E-state index >= 15 is 0 Å². The molecule has 1 heteroatoms. The van der Waals surface area contributed by atoms with Crippen molar-refractivity contribution in [3.8, 4) is 0 Å². The van der Waals surface area contributed by atoms with E-state index in [0.29, 0.717) is 5.92 Å². The van der Waals surface area contributed by atoms with Gasteiger partial charge in [-0.05, 0) is 92.9 Å². The largest absolute Gasteiger partial charge is 0.0892 e. The van der Waals surface area contributed by atoms with E-state index in [1.54, 1.807) is 16.7 Å². The van der Waals surface area contributed by atoms with Gasteiger partial charge in [0, 0.05) is 5.03 Å². The number of halogens is 1. The van der Waals surface area contributed by atoms with Crippen molar-refractivity contribution in [1.29, 1.82) is 0 Å². The fourth-order valence-corrected chi connectivity index (χ4v) is 4.88. The molecule has 0 aromatic heterocycles. The minimum atomic E-state index is 0.616. The van der Waals surface area contributed by atoms with Crippen LogP contribution in [-0.2, 0) is 0 Å². The second-order valence-corrected chi connectivity index (χ2v) is 8.53. The van der Waals surface area contributed by atoms with Crippen molar-refractivity contribution in [3.63, 3.8) is 0 Å². The molecular formula is C22H31Cl. The van der Waals surface area contributed by atoms with Crippen molar-refractivity contribution in [2.45, 2.75) is 84.5 Å². The van der Waals surface area contributed by atoms with Crippen LogP contribution < -0.4 is 0 Å². The maximum atomic E-state index is 6.45. The zero-order chi connectivity index (χ0) is 16.6. The van der Waals surface area contributed by atoms with Crippen LogP contribution >= 0.6 is 11.6 Å². The lowest BCUT2D eigenvalue weighted by atomic mass is 9.75. The molecule has 0 N–H and O–H groups in total. The monoisotopic (exact) mass is 330 g/mol. The molecule has 0 saturated heterocycles. The molecule has 3 rings (SSSR count). The number of allylic oxidation sites excluding steroid dienone is 2. The quantitative estimate of drug-likeness (QED) is 0.530. The number of benzene rings is 1. The van der Waals surface area contributed by atoms with Crippen molar-refractivity contribution < 1.29 is 0 Å². The van der Waals surface area contributed by atoms with Crippen LogP contribution in [0.4, 0.5) is 0 Å². The second kappa shape index (κ2) is 7.01. The van der Waals surface area contributed by atoms with Crippen molar-refractivity contribution >= 4 is 11.6 Å². The first kappa shape index (κ1) is 17.1. The van der Waals surface area contributed by atoms with E-state index in [4.69, 9.17) is 11.6 Å². The number of rotatable bonds is 2. The van der Waals surface area contributed by atoms with Gasteiger partial charge in [-0.3, -0.25) is 0 Å². The standard InChI is InChI=1S/C22H31Cl/c1-14-5-8-18(9-6-14)20-11-12-21(17(4)16(20)3)19-10-7-15(2)22(23)13-19/h11-12,14,18-19H,5-10,13H2,1-4H3. The fourth-order valence-electron chi connectivity index (χ4n) is 4.60. The highest BCUT2D eigenvalue weighted by Crippen LogP contribution is 2.42. The fraction of sp³-hybridized carbons (Fsp3) is 0.636. The van der Waals surface area contributed by atoms with Crippen LogP contribution in [0.3, 0.4) is 0 Å². The third-order valence-electron chi connectivity index (χ3n) is 6.52. The lowest BCUT2D eigenvalue weighted by Gasteiger charge is -2.30. The Bertz CT molecular complexity index is 603. The van der Waals surface area contributed by atoms with E-state index in [-0.39, 0.29) is 0 Å². The topological polar surface area (TPSA) is 0 Å². The van der Waals surface area contributed by atoms with Crippen LogP contribution in [0.1, 0.15) is 92.9 Å². The molecule has 1 aromatic rings. The minimum absolute atomic E-state index is 0.616. The molecule has 2 aliphatic rings. The summed E-state index contributed by atoms with van der Waals surface area (Å²) in [6, 6.07) is 4.86. The van der Waals surface area contributed by atoms with E-state index in [1.807, 2.05) is 0 Å². The van der Waals surface area contributed by atoms with Gasteiger partial charge in [-0.25, -0.2) is 0 Å². The molecule has 0 amide bonds. The Morgan fingerprint density at radius 1 is 0.826 bits per heavy atom. The van der Waals surface area contributed by atoms with Gasteiger partial charge in [0.05, 0.1) is 0 Å². The molecule has 0 bridgehead atoms. The van der Waals surface area contributed by atoms with Crippen molar-refractivity contribution in [2.24, 2.45) is 5.92 Å². The summed E-state index contributed by atoms with van der Waals surface area (Å²) in [4.78, 5) is 0. The van der Waals surface area contributed by atoms with Gasteiger partial charge in [-0.2, -0.15) is 0 Å². The van der Waals surface area contributed by atoms with Crippen LogP contribution in [0, 0.1) is 19.8 Å². The number of hydrogen-bond donors (Lipinski definition) is 0. The van der Waals surface area contributed by atoms with Gasteiger partial charge in [-0.15, -0.1) is 0 Å². The van der Waals surface area contributed by atoms with Gasteiger partial charge in [-0.1, -0.05) is 49.1 Å². The smallest absolute Gasteiger partial charge is 0.0176 e. The van der Waals surface area contributed by atoms with Crippen molar-refractivity contribution in [3.05, 3.63) is 45.0 Å². The summed E-state index contributed by atoms with van der Waals surface area (Å²) in [5.74, 6) is 2.33. The third-order valence-corrected chi connectivity index (χ3v) is 7.00. The SMILES string of the molecule is CC1=C(Cl)CC(c2ccc(C3CCC(C)CC3)c(C)c2C)CC1. The highest BCUT2D eigenvalue weighted by atomic mass is 35.5. The lowest BCUT2D eigenvalue weighted by molar-refractivity contribution is 0.347. The molecular weight excluding hydrogens is 300 g/mol. The average Bonchev–Trinajstić information content (AvgIpc) is 2.54. The Labute approximate surface area is 147 Å². The Hall–Kier alpha value is -0.750. The molecule has 1 fully saturated rings. The predicted octanol–water partition coefficient (Wildman–Crippen LogP) is 7.38. The molecule has 0 radical (unpaired) electrons. The minimum Gasteiger partial charge on any atom is -0.0892 e. The molecule has 1 aromatic carbocycles. The number of hydrogen-bond acceptors (Lipinski definition) is 0. The van der Waals surface area contributed by atoms with Crippen molar-refractivity contribution in [1.82, 2.24) is 0 Å². The summed E-state index contributed by atoms with van der Waals surface area (Å²) >= 11 is 6.45. The third kappa shape index (κ3) is 3.53. The first-order valence-corrected chi connectivity index (χ1v) is 9.79. The Kier molecular flexibility index (Phi) is 5.21. The van der Waals surface area contributed by atoms with Gasteiger partial charge in [0.25, 0.3) is 0 Å². The zero-order valence-corrected chi connectivity index (χ0v) is 16.0. The molecule has 23 heavy (non-hydrogen) atoms. The van der Waals surface area contributed by atoms with Crippen molar-refractivity contribution in [2.75, 3.05) is 0 Å².